The number of nitrogens with zero attached hydrogens (tertiary/aromatic N) is 1. The Kier molecular flexibility index (Phi) is 5.21. The third-order valence-electron chi connectivity index (χ3n) is 4.75. The number of aryl methyl sites for hydroxylation is 1. The van der Waals surface area contributed by atoms with Crippen molar-refractivity contribution in [1.29, 1.82) is 0 Å². The molecular formula is C17H25FN2O. The number of amides is 1. The Hall–Kier alpha value is -1.58. The molecule has 1 aliphatic carbocycles. The highest BCUT2D eigenvalue weighted by Crippen LogP contribution is 2.32. The normalized spacial score (nSPS) is 22.0. The summed E-state index contributed by atoms with van der Waals surface area (Å²) in [6, 6.07) is 4.87. The second kappa shape index (κ2) is 6.92. The standard InChI is InChI=1S/C17H25FN2O/c1-12(21)20(2)17-6-4-3-5-13(17)7-8-14-11-15(18)9-10-16(14)19/h9-11,13,17H,3-8,19H2,1-2H3/t13-,17+/m0/s1. The van der Waals surface area contributed by atoms with Crippen molar-refractivity contribution in [2.24, 2.45) is 5.92 Å². The first-order chi connectivity index (χ1) is 9.99. The van der Waals surface area contributed by atoms with Gasteiger partial charge in [0.1, 0.15) is 5.82 Å². The lowest BCUT2D eigenvalue weighted by molar-refractivity contribution is -0.131. The molecular weight excluding hydrogens is 267 g/mol. The maximum Gasteiger partial charge on any atom is 0.219 e. The number of rotatable bonds is 4. The molecule has 1 aromatic carbocycles. The van der Waals surface area contributed by atoms with Gasteiger partial charge in [0, 0.05) is 25.7 Å². The average molecular weight is 292 g/mol. The molecule has 2 atom stereocenters. The van der Waals surface area contributed by atoms with Crippen LogP contribution in [0.1, 0.15) is 44.6 Å². The van der Waals surface area contributed by atoms with Gasteiger partial charge in [-0.25, -0.2) is 4.39 Å². The van der Waals surface area contributed by atoms with Crippen LogP contribution in [0.3, 0.4) is 0 Å². The predicted octanol–water partition coefficient (Wildman–Crippen LogP) is 3.38. The van der Waals surface area contributed by atoms with Gasteiger partial charge in [-0.2, -0.15) is 0 Å². The van der Waals surface area contributed by atoms with Crippen LogP contribution in [0, 0.1) is 11.7 Å². The lowest BCUT2D eigenvalue weighted by Crippen LogP contribution is -2.42. The molecule has 0 radical (unpaired) electrons. The summed E-state index contributed by atoms with van der Waals surface area (Å²) in [5.41, 5.74) is 7.45. The Morgan fingerprint density at radius 1 is 1.38 bits per heavy atom. The molecule has 1 aromatic rings. The van der Waals surface area contributed by atoms with Gasteiger partial charge < -0.3 is 10.6 Å². The van der Waals surface area contributed by atoms with E-state index in [9.17, 15) is 9.18 Å². The topological polar surface area (TPSA) is 46.3 Å². The zero-order valence-electron chi connectivity index (χ0n) is 12.9. The largest absolute Gasteiger partial charge is 0.399 e. The molecule has 0 unspecified atom stereocenters. The Bertz CT molecular complexity index is 504. The first-order valence-corrected chi connectivity index (χ1v) is 7.76. The molecule has 2 N–H and O–H groups in total. The van der Waals surface area contributed by atoms with Crippen molar-refractivity contribution in [3.63, 3.8) is 0 Å². The van der Waals surface area contributed by atoms with E-state index in [2.05, 4.69) is 0 Å². The SMILES string of the molecule is CC(=O)N(C)[C@@H]1CCCC[C@H]1CCc1cc(F)ccc1N. The third kappa shape index (κ3) is 3.96. The van der Waals surface area contributed by atoms with E-state index in [-0.39, 0.29) is 11.7 Å². The van der Waals surface area contributed by atoms with E-state index >= 15 is 0 Å². The maximum atomic E-state index is 13.3. The molecule has 0 bridgehead atoms. The summed E-state index contributed by atoms with van der Waals surface area (Å²) in [7, 11) is 1.89. The van der Waals surface area contributed by atoms with Gasteiger partial charge >= 0.3 is 0 Å². The Balaban J connectivity index is 2.02. The van der Waals surface area contributed by atoms with Crippen LogP contribution in [0.25, 0.3) is 0 Å². The first kappa shape index (κ1) is 15.8. The van der Waals surface area contributed by atoms with E-state index < -0.39 is 0 Å². The van der Waals surface area contributed by atoms with Gasteiger partial charge in [0.25, 0.3) is 0 Å². The van der Waals surface area contributed by atoms with Gasteiger partial charge in [0.2, 0.25) is 5.91 Å². The second-order valence-corrected chi connectivity index (χ2v) is 6.12. The Morgan fingerprint density at radius 3 is 2.81 bits per heavy atom. The molecule has 2 rings (SSSR count). The molecule has 0 saturated heterocycles. The summed E-state index contributed by atoms with van der Waals surface area (Å²) in [4.78, 5) is 13.5. The second-order valence-electron chi connectivity index (χ2n) is 6.12. The highest BCUT2D eigenvalue weighted by Gasteiger charge is 2.29. The van der Waals surface area contributed by atoms with Crippen LogP contribution < -0.4 is 5.73 Å². The van der Waals surface area contributed by atoms with Crippen LogP contribution in [0.2, 0.25) is 0 Å². The van der Waals surface area contributed by atoms with Gasteiger partial charge in [-0.05, 0) is 55.4 Å². The van der Waals surface area contributed by atoms with Crippen LogP contribution >= 0.6 is 0 Å². The maximum absolute atomic E-state index is 13.3. The minimum atomic E-state index is -0.236. The molecule has 0 spiro atoms. The van der Waals surface area contributed by atoms with Crippen molar-refractivity contribution < 1.29 is 9.18 Å². The van der Waals surface area contributed by atoms with Gasteiger partial charge in [-0.1, -0.05) is 12.8 Å². The zero-order valence-corrected chi connectivity index (χ0v) is 12.9. The van der Waals surface area contributed by atoms with Crippen LogP contribution in [0.4, 0.5) is 10.1 Å². The number of benzene rings is 1. The van der Waals surface area contributed by atoms with Gasteiger partial charge in [0.15, 0.2) is 0 Å². The summed E-state index contributed by atoms with van der Waals surface area (Å²) >= 11 is 0. The number of carbonyl (C=O) groups is 1. The summed E-state index contributed by atoms with van der Waals surface area (Å²) < 4.78 is 13.3. The number of nitrogens with two attached hydrogens (primary N) is 1. The predicted molar refractivity (Wildman–Crippen MR) is 83.3 cm³/mol. The van der Waals surface area contributed by atoms with Crippen molar-refractivity contribution in [3.05, 3.63) is 29.6 Å². The smallest absolute Gasteiger partial charge is 0.219 e. The summed E-state index contributed by atoms with van der Waals surface area (Å²) in [6.07, 6.45) is 6.33. The molecule has 116 valence electrons. The molecule has 1 fully saturated rings. The molecule has 0 aromatic heterocycles. The molecule has 1 aliphatic rings. The average Bonchev–Trinajstić information content (AvgIpc) is 2.47. The van der Waals surface area contributed by atoms with Gasteiger partial charge in [-0.3, -0.25) is 4.79 Å². The van der Waals surface area contributed by atoms with Crippen LogP contribution in [0.15, 0.2) is 18.2 Å². The fraction of sp³-hybridized carbons (Fsp3) is 0.588. The van der Waals surface area contributed by atoms with Crippen LogP contribution in [-0.4, -0.2) is 23.9 Å². The summed E-state index contributed by atoms with van der Waals surface area (Å²) in [5.74, 6) is 0.368. The van der Waals surface area contributed by atoms with Crippen LogP contribution in [-0.2, 0) is 11.2 Å². The quantitative estimate of drug-likeness (QED) is 0.865. The molecule has 1 saturated carbocycles. The molecule has 0 aliphatic heterocycles. The number of halogens is 1. The van der Waals surface area contributed by atoms with Crippen molar-refractivity contribution >= 4 is 11.6 Å². The summed E-state index contributed by atoms with van der Waals surface area (Å²) in [6.45, 7) is 1.62. The van der Waals surface area contributed by atoms with E-state index in [0.29, 0.717) is 17.6 Å². The molecule has 0 heterocycles. The zero-order chi connectivity index (χ0) is 15.4. The van der Waals surface area contributed by atoms with Crippen molar-refractivity contribution in [1.82, 2.24) is 4.90 Å². The van der Waals surface area contributed by atoms with E-state index in [1.165, 1.54) is 25.0 Å². The lowest BCUT2D eigenvalue weighted by atomic mass is 9.80. The number of nitrogen functional groups attached to an aromatic ring is 1. The fourth-order valence-corrected chi connectivity index (χ4v) is 3.40. The Labute approximate surface area is 126 Å². The van der Waals surface area contributed by atoms with E-state index in [1.807, 2.05) is 11.9 Å². The highest BCUT2D eigenvalue weighted by molar-refractivity contribution is 5.73. The minimum Gasteiger partial charge on any atom is -0.399 e. The first-order valence-electron chi connectivity index (χ1n) is 7.76. The molecule has 21 heavy (non-hydrogen) atoms. The van der Waals surface area contributed by atoms with E-state index in [1.54, 1.807) is 13.0 Å². The van der Waals surface area contributed by atoms with E-state index in [0.717, 1.165) is 31.2 Å². The number of carbonyl (C=O) groups excluding carboxylic acids is 1. The van der Waals surface area contributed by atoms with E-state index in [4.69, 9.17) is 5.73 Å². The lowest BCUT2D eigenvalue weighted by Gasteiger charge is -2.37. The van der Waals surface area contributed by atoms with Crippen molar-refractivity contribution in [2.75, 3.05) is 12.8 Å². The van der Waals surface area contributed by atoms with Gasteiger partial charge in [-0.15, -0.1) is 0 Å². The third-order valence-corrected chi connectivity index (χ3v) is 4.75. The summed E-state index contributed by atoms with van der Waals surface area (Å²) in [5, 5.41) is 0. The minimum absolute atomic E-state index is 0.122. The number of anilines is 1. The van der Waals surface area contributed by atoms with Gasteiger partial charge in [0.05, 0.1) is 0 Å². The van der Waals surface area contributed by atoms with Crippen molar-refractivity contribution in [2.45, 2.75) is 51.5 Å². The van der Waals surface area contributed by atoms with Crippen molar-refractivity contribution in [3.8, 4) is 0 Å². The molecule has 3 nitrogen and oxygen atoms in total. The van der Waals surface area contributed by atoms with Crippen LogP contribution in [0.5, 0.6) is 0 Å². The number of hydrogen-bond acceptors (Lipinski definition) is 2. The monoisotopic (exact) mass is 292 g/mol. The molecule has 4 heteroatoms. The highest BCUT2D eigenvalue weighted by atomic mass is 19.1. The molecule has 1 amide bonds. The fourth-order valence-electron chi connectivity index (χ4n) is 3.40. The Morgan fingerprint density at radius 2 is 2.10 bits per heavy atom. The number of hydrogen-bond donors (Lipinski definition) is 1.